The van der Waals surface area contributed by atoms with E-state index in [1.807, 2.05) is 30.3 Å². The third kappa shape index (κ3) is 4.57. The van der Waals surface area contributed by atoms with Gasteiger partial charge < -0.3 is 9.32 Å². The number of carbonyl (C=O) groups is 1. The van der Waals surface area contributed by atoms with Crippen molar-refractivity contribution in [3.63, 3.8) is 0 Å². The highest BCUT2D eigenvalue weighted by Crippen LogP contribution is 2.29. The van der Waals surface area contributed by atoms with Crippen LogP contribution < -0.4 is 0 Å². The Kier molecular flexibility index (Phi) is 5.93. The van der Waals surface area contributed by atoms with Gasteiger partial charge in [0, 0.05) is 18.2 Å². The summed E-state index contributed by atoms with van der Waals surface area (Å²) < 4.78 is 5.38. The van der Waals surface area contributed by atoms with Crippen LogP contribution in [0.5, 0.6) is 0 Å². The van der Waals surface area contributed by atoms with Crippen LogP contribution in [0.4, 0.5) is 5.69 Å². The second kappa shape index (κ2) is 8.55. The van der Waals surface area contributed by atoms with Crippen molar-refractivity contribution in [2.45, 2.75) is 18.0 Å². The average Bonchev–Trinajstić information content (AvgIpc) is 3.20. The van der Waals surface area contributed by atoms with Crippen LogP contribution in [-0.2, 0) is 13.1 Å². The molecule has 0 fully saturated rings. The molecule has 0 radical (unpaired) electrons. The fourth-order valence-corrected chi connectivity index (χ4v) is 3.29. The van der Waals surface area contributed by atoms with E-state index in [2.05, 4.69) is 0 Å². The van der Waals surface area contributed by atoms with Gasteiger partial charge >= 0.3 is 0 Å². The van der Waals surface area contributed by atoms with Crippen LogP contribution in [-0.4, -0.2) is 22.0 Å². The molecule has 0 unspecified atom stereocenters. The molecule has 0 N–H and O–H groups in total. The number of hydrogen-bond donors (Lipinski definition) is 0. The van der Waals surface area contributed by atoms with Gasteiger partial charge in [-0.15, -0.1) is 11.8 Å². The van der Waals surface area contributed by atoms with Gasteiger partial charge in [-0.25, -0.2) is 0 Å². The van der Waals surface area contributed by atoms with Crippen molar-refractivity contribution in [1.82, 2.24) is 4.90 Å². The summed E-state index contributed by atoms with van der Waals surface area (Å²) in [4.78, 5) is 26.1. The molecule has 1 heterocycles. The number of benzene rings is 2. The standard InChI is InChI=1S/C20H18N2O4S/c1-27-19-10-9-16(12-18(19)22(24)25)20(23)21(14-17-8-5-11-26-17)13-15-6-3-2-4-7-15/h2-12H,13-14H2,1H3. The van der Waals surface area contributed by atoms with Gasteiger partial charge in [0.15, 0.2) is 0 Å². The molecule has 0 spiro atoms. The molecular weight excluding hydrogens is 364 g/mol. The Bertz CT molecular complexity index is 926. The summed E-state index contributed by atoms with van der Waals surface area (Å²) in [5.41, 5.74) is 1.18. The molecule has 0 bridgehead atoms. The molecule has 3 rings (SSSR count). The van der Waals surface area contributed by atoms with Crippen LogP contribution in [0.15, 0.2) is 76.2 Å². The van der Waals surface area contributed by atoms with Crippen molar-refractivity contribution in [2.75, 3.05) is 6.26 Å². The molecule has 138 valence electrons. The Balaban J connectivity index is 1.92. The number of hydrogen-bond acceptors (Lipinski definition) is 5. The minimum Gasteiger partial charge on any atom is -0.467 e. The van der Waals surface area contributed by atoms with Gasteiger partial charge in [0.05, 0.1) is 22.6 Å². The van der Waals surface area contributed by atoms with E-state index in [0.717, 1.165) is 5.56 Å². The normalized spacial score (nSPS) is 10.6. The molecule has 3 aromatic rings. The van der Waals surface area contributed by atoms with E-state index in [9.17, 15) is 14.9 Å². The monoisotopic (exact) mass is 382 g/mol. The van der Waals surface area contributed by atoms with Crippen LogP contribution >= 0.6 is 11.8 Å². The zero-order valence-electron chi connectivity index (χ0n) is 14.7. The van der Waals surface area contributed by atoms with Crippen molar-refractivity contribution in [1.29, 1.82) is 0 Å². The SMILES string of the molecule is CSc1ccc(C(=O)N(Cc2ccccc2)Cc2ccco2)cc1[N+](=O)[O-]. The fraction of sp³-hybridized carbons (Fsp3) is 0.150. The van der Waals surface area contributed by atoms with Gasteiger partial charge in [-0.2, -0.15) is 0 Å². The van der Waals surface area contributed by atoms with Crippen molar-refractivity contribution >= 4 is 23.4 Å². The topological polar surface area (TPSA) is 76.6 Å². The van der Waals surface area contributed by atoms with Gasteiger partial charge in [-0.1, -0.05) is 30.3 Å². The number of nitro groups is 1. The second-order valence-corrected chi connectivity index (χ2v) is 6.72. The Hall–Kier alpha value is -3.06. The molecule has 0 saturated carbocycles. The van der Waals surface area contributed by atoms with Gasteiger partial charge in [0.1, 0.15) is 5.76 Å². The zero-order chi connectivity index (χ0) is 19.2. The second-order valence-electron chi connectivity index (χ2n) is 5.87. The Morgan fingerprint density at radius 3 is 2.52 bits per heavy atom. The van der Waals surface area contributed by atoms with Crippen LogP contribution in [0.2, 0.25) is 0 Å². The number of rotatable bonds is 7. The van der Waals surface area contributed by atoms with Crippen LogP contribution in [0.3, 0.4) is 0 Å². The first-order valence-electron chi connectivity index (χ1n) is 8.26. The van der Waals surface area contributed by atoms with Crippen LogP contribution in [0.25, 0.3) is 0 Å². The summed E-state index contributed by atoms with van der Waals surface area (Å²) in [7, 11) is 0. The molecular formula is C20H18N2O4S. The molecule has 0 atom stereocenters. The Morgan fingerprint density at radius 2 is 1.89 bits per heavy atom. The number of thioether (sulfide) groups is 1. The number of nitro benzene ring substituents is 1. The number of furan rings is 1. The molecule has 27 heavy (non-hydrogen) atoms. The molecule has 2 aromatic carbocycles. The molecule has 0 saturated heterocycles. The lowest BCUT2D eigenvalue weighted by Gasteiger charge is -2.22. The quantitative estimate of drug-likeness (QED) is 0.335. The van der Waals surface area contributed by atoms with E-state index in [4.69, 9.17) is 4.42 Å². The zero-order valence-corrected chi connectivity index (χ0v) is 15.5. The highest BCUT2D eigenvalue weighted by atomic mass is 32.2. The van der Waals surface area contributed by atoms with Gasteiger partial charge in [-0.3, -0.25) is 14.9 Å². The maximum absolute atomic E-state index is 13.1. The van der Waals surface area contributed by atoms with E-state index in [0.29, 0.717) is 17.2 Å². The third-order valence-electron chi connectivity index (χ3n) is 4.05. The number of amides is 1. The third-order valence-corrected chi connectivity index (χ3v) is 4.84. The summed E-state index contributed by atoms with van der Waals surface area (Å²) in [5.74, 6) is 0.362. The Labute approximate surface area is 160 Å². The van der Waals surface area contributed by atoms with Crippen LogP contribution in [0, 0.1) is 10.1 Å². The smallest absolute Gasteiger partial charge is 0.283 e. The van der Waals surface area contributed by atoms with Gasteiger partial charge in [0.2, 0.25) is 0 Å². The fourth-order valence-electron chi connectivity index (χ4n) is 2.74. The predicted octanol–water partition coefficient (Wildman–Crippen LogP) is 4.75. The van der Waals surface area contributed by atoms with Gasteiger partial charge in [-0.05, 0) is 36.1 Å². The summed E-state index contributed by atoms with van der Waals surface area (Å²) >= 11 is 1.28. The predicted molar refractivity (Wildman–Crippen MR) is 104 cm³/mol. The van der Waals surface area contributed by atoms with Crippen LogP contribution in [0.1, 0.15) is 21.7 Å². The lowest BCUT2D eigenvalue weighted by molar-refractivity contribution is -0.387. The molecule has 0 aliphatic carbocycles. The number of carbonyl (C=O) groups excluding carboxylic acids is 1. The number of nitrogens with zero attached hydrogens (tertiary/aromatic N) is 2. The first-order valence-corrected chi connectivity index (χ1v) is 9.49. The highest BCUT2D eigenvalue weighted by Gasteiger charge is 2.22. The minimum absolute atomic E-state index is 0.0639. The molecule has 6 nitrogen and oxygen atoms in total. The molecule has 7 heteroatoms. The van der Waals surface area contributed by atoms with Crippen molar-refractivity contribution in [3.8, 4) is 0 Å². The molecule has 0 aliphatic heterocycles. The van der Waals surface area contributed by atoms with E-state index < -0.39 is 4.92 Å². The summed E-state index contributed by atoms with van der Waals surface area (Å²) in [6.45, 7) is 0.650. The van der Waals surface area contributed by atoms with E-state index in [1.54, 1.807) is 41.7 Å². The Morgan fingerprint density at radius 1 is 1.11 bits per heavy atom. The average molecular weight is 382 g/mol. The summed E-state index contributed by atoms with van der Waals surface area (Å²) in [6.07, 6.45) is 3.32. The summed E-state index contributed by atoms with van der Waals surface area (Å²) in [5, 5.41) is 11.3. The first-order chi connectivity index (χ1) is 13.1. The first kappa shape index (κ1) is 18.7. The van der Waals surface area contributed by atoms with Crippen molar-refractivity contribution in [2.24, 2.45) is 0 Å². The molecule has 0 aliphatic rings. The van der Waals surface area contributed by atoms with Crippen molar-refractivity contribution in [3.05, 3.63) is 93.9 Å². The minimum atomic E-state index is -0.462. The van der Waals surface area contributed by atoms with E-state index in [1.165, 1.54) is 17.8 Å². The lowest BCUT2D eigenvalue weighted by atomic mass is 10.1. The highest BCUT2D eigenvalue weighted by molar-refractivity contribution is 7.98. The van der Waals surface area contributed by atoms with E-state index >= 15 is 0 Å². The lowest BCUT2D eigenvalue weighted by Crippen LogP contribution is -2.30. The molecule has 1 aromatic heterocycles. The maximum atomic E-state index is 13.1. The van der Waals surface area contributed by atoms with Crippen molar-refractivity contribution < 1.29 is 14.1 Å². The van der Waals surface area contributed by atoms with Gasteiger partial charge in [0.25, 0.3) is 11.6 Å². The summed E-state index contributed by atoms with van der Waals surface area (Å²) in [6, 6.07) is 17.7. The maximum Gasteiger partial charge on any atom is 0.283 e. The largest absolute Gasteiger partial charge is 0.467 e. The molecule has 1 amide bonds. The van der Waals surface area contributed by atoms with E-state index in [-0.39, 0.29) is 23.7 Å².